The van der Waals surface area contributed by atoms with Crippen molar-refractivity contribution in [1.82, 2.24) is 9.78 Å². The predicted molar refractivity (Wildman–Crippen MR) is 58.3 cm³/mol. The number of thiophene rings is 1. The number of aryl methyl sites for hydroxylation is 2. The zero-order chi connectivity index (χ0) is 10.1. The van der Waals surface area contributed by atoms with E-state index in [0.29, 0.717) is 0 Å². The molecule has 0 radical (unpaired) electrons. The van der Waals surface area contributed by atoms with Crippen LogP contribution < -0.4 is 5.73 Å². The second-order valence-electron chi connectivity index (χ2n) is 3.37. The minimum atomic E-state index is -0.0625. The summed E-state index contributed by atoms with van der Waals surface area (Å²) in [5.41, 5.74) is 9.34. The van der Waals surface area contributed by atoms with E-state index in [-0.39, 0.29) is 6.04 Å². The fourth-order valence-corrected chi connectivity index (χ4v) is 2.24. The third-order valence-electron chi connectivity index (χ3n) is 2.26. The van der Waals surface area contributed by atoms with Gasteiger partial charge in [-0.3, -0.25) is 4.68 Å². The molecule has 2 N–H and O–H groups in total. The van der Waals surface area contributed by atoms with Gasteiger partial charge in [0.25, 0.3) is 0 Å². The monoisotopic (exact) mass is 207 g/mol. The Morgan fingerprint density at radius 2 is 2.36 bits per heavy atom. The van der Waals surface area contributed by atoms with Crippen molar-refractivity contribution >= 4 is 11.3 Å². The molecule has 74 valence electrons. The highest BCUT2D eigenvalue weighted by atomic mass is 32.1. The van der Waals surface area contributed by atoms with E-state index < -0.39 is 0 Å². The van der Waals surface area contributed by atoms with E-state index in [1.807, 2.05) is 30.1 Å². The minimum Gasteiger partial charge on any atom is -0.319 e. The maximum Gasteiger partial charge on any atom is 0.0731 e. The number of hydrogen-bond acceptors (Lipinski definition) is 3. The molecule has 4 heteroatoms. The molecule has 2 rings (SSSR count). The Bertz CT molecular complexity index is 417. The molecule has 1 unspecified atom stereocenters. The van der Waals surface area contributed by atoms with Crippen molar-refractivity contribution in [2.75, 3.05) is 0 Å². The highest BCUT2D eigenvalue weighted by Crippen LogP contribution is 2.21. The molecule has 0 saturated carbocycles. The Labute approximate surface area is 87.2 Å². The zero-order valence-corrected chi connectivity index (χ0v) is 9.08. The van der Waals surface area contributed by atoms with Gasteiger partial charge in [0, 0.05) is 7.05 Å². The first-order chi connectivity index (χ1) is 6.68. The molecule has 1 atom stereocenters. The van der Waals surface area contributed by atoms with Gasteiger partial charge in [0.2, 0.25) is 0 Å². The van der Waals surface area contributed by atoms with Crippen molar-refractivity contribution in [3.63, 3.8) is 0 Å². The van der Waals surface area contributed by atoms with Gasteiger partial charge in [-0.2, -0.15) is 16.4 Å². The quantitative estimate of drug-likeness (QED) is 0.816. The molecule has 2 heterocycles. The van der Waals surface area contributed by atoms with Crippen molar-refractivity contribution in [3.8, 4) is 0 Å². The first kappa shape index (κ1) is 9.43. The van der Waals surface area contributed by atoms with E-state index in [1.54, 1.807) is 11.3 Å². The van der Waals surface area contributed by atoms with Crippen LogP contribution >= 0.6 is 11.3 Å². The van der Waals surface area contributed by atoms with Crippen molar-refractivity contribution in [3.05, 3.63) is 39.8 Å². The summed E-state index contributed by atoms with van der Waals surface area (Å²) < 4.78 is 1.84. The Morgan fingerprint density at radius 3 is 2.86 bits per heavy atom. The van der Waals surface area contributed by atoms with Gasteiger partial charge in [0.1, 0.15) is 0 Å². The van der Waals surface area contributed by atoms with Crippen LogP contribution in [0.5, 0.6) is 0 Å². The lowest BCUT2D eigenvalue weighted by Crippen LogP contribution is -2.15. The Hall–Kier alpha value is -1.13. The number of nitrogens with zero attached hydrogens (tertiary/aromatic N) is 2. The van der Waals surface area contributed by atoms with Gasteiger partial charge in [0.05, 0.1) is 17.4 Å². The summed E-state index contributed by atoms with van der Waals surface area (Å²) in [5.74, 6) is 0. The van der Waals surface area contributed by atoms with Gasteiger partial charge < -0.3 is 5.73 Å². The third-order valence-corrected chi connectivity index (χ3v) is 2.96. The van der Waals surface area contributed by atoms with Crippen LogP contribution in [0, 0.1) is 6.92 Å². The lowest BCUT2D eigenvalue weighted by Gasteiger charge is -2.09. The molecule has 0 aliphatic rings. The average molecular weight is 207 g/mol. The van der Waals surface area contributed by atoms with E-state index in [0.717, 1.165) is 17.0 Å². The summed E-state index contributed by atoms with van der Waals surface area (Å²) in [7, 11) is 1.93. The number of rotatable bonds is 2. The molecule has 0 saturated heterocycles. The molecule has 0 aliphatic carbocycles. The average Bonchev–Trinajstić information content (AvgIpc) is 2.73. The second kappa shape index (κ2) is 3.55. The van der Waals surface area contributed by atoms with E-state index in [9.17, 15) is 0 Å². The lowest BCUT2D eigenvalue weighted by molar-refractivity contribution is 0.670. The first-order valence-electron chi connectivity index (χ1n) is 4.46. The van der Waals surface area contributed by atoms with Gasteiger partial charge >= 0.3 is 0 Å². The fraction of sp³-hybridized carbons (Fsp3) is 0.300. The summed E-state index contributed by atoms with van der Waals surface area (Å²) in [6.07, 6.45) is 0. The van der Waals surface area contributed by atoms with E-state index in [1.165, 1.54) is 0 Å². The molecular formula is C10H13N3S. The number of aromatic nitrogens is 2. The predicted octanol–water partition coefficient (Wildman–Crippen LogP) is 1.84. The summed E-state index contributed by atoms with van der Waals surface area (Å²) in [6, 6.07) is 4.02. The van der Waals surface area contributed by atoms with Crippen LogP contribution in [0.1, 0.15) is 23.0 Å². The third kappa shape index (κ3) is 1.58. The molecule has 0 fully saturated rings. The normalized spacial score (nSPS) is 13.1. The molecule has 0 amide bonds. The van der Waals surface area contributed by atoms with Crippen LogP contribution in [0.2, 0.25) is 0 Å². The Kier molecular flexibility index (Phi) is 2.39. The highest BCUT2D eigenvalue weighted by Gasteiger charge is 2.13. The summed E-state index contributed by atoms with van der Waals surface area (Å²) in [4.78, 5) is 0. The number of hydrogen-bond donors (Lipinski definition) is 1. The van der Waals surface area contributed by atoms with Crippen LogP contribution in [0.25, 0.3) is 0 Å². The van der Waals surface area contributed by atoms with Crippen LogP contribution in [0.15, 0.2) is 22.9 Å². The molecule has 3 nitrogen and oxygen atoms in total. The molecular weight excluding hydrogens is 194 g/mol. The molecule has 0 aromatic carbocycles. The smallest absolute Gasteiger partial charge is 0.0731 e. The SMILES string of the molecule is Cc1cc(C(N)c2ccsc2)n(C)n1. The maximum atomic E-state index is 6.12. The van der Waals surface area contributed by atoms with Gasteiger partial charge in [-0.15, -0.1) is 0 Å². The molecule has 0 spiro atoms. The summed E-state index contributed by atoms with van der Waals surface area (Å²) >= 11 is 1.67. The largest absolute Gasteiger partial charge is 0.319 e. The van der Waals surface area contributed by atoms with Crippen LogP contribution in [0.4, 0.5) is 0 Å². The Morgan fingerprint density at radius 1 is 1.57 bits per heavy atom. The number of nitrogens with two attached hydrogens (primary N) is 1. The lowest BCUT2D eigenvalue weighted by atomic mass is 10.1. The zero-order valence-electron chi connectivity index (χ0n) is 8.27. The van der Waals surface area contributed by atoms with Crippen molar-refractivity contribution in [2.24, 2.45) is 12.8 Å². The van der Waals surface area contributed by atoms with Crippen molar-refractivity contribution in [1.29, 1.82) is 0 Å². The maximum absolute atomic E-state index is 6.12. The highest BCUT2D eigenvalue weighted by molar-refractivity contribution is 7.07. The Balaban J connectivity index is 2.36. The molecule has 14 heavy (non-hydrogen) atoms. The first-order valence-corrected chi connectivity index (χ1v) is 5.41. The standard InChI is InChI=1S/C10H13N3S/c1-7-5-9(13(2)12-7)10(11)8-3-4-14-6-8/h3-6,10H,11H2,1-2H3. The van der Waals surface area contributed by atoms with E-state index in [4.69, 9.17) is 5.73 Å². The van der Waals surface area contributed by atoms with Crippen LogP contribution in [0.3, 0.4) is 0 Å². The topological polar surface area (TPSA) is 43.8 Å². The van der Waals surface area contributed by atoms with Crippen LogP contribution in [-0.4, -0.2) is 9.78 Å². The summed E-state index contributed by atoms with van der Waals surface area (Å²) in [5, 5.41) is 8.40. The van der Waals surface area contributed by atoms with Gasteiger partial charge in [-0.1, -0.05) is 0 Å². The molecule has 0 bridgehead atoms. The fourth-order valence-electron chi connectivity index (χ4n) is 1.54. The minimum absolute atomic E-state index is 0.0625. The molecule has 2 aromatic heterocycles. The van der Waals surface area contributed by atoms with Gasteiger partial charge in [-0.25, -0.2) is 0 Å². The van der Waals surface area contributed by atoms with Crippen LogP contribution in [-0.2, 0) is 7.05 Å². The second-order valence-corrected chi connectivity index (χ2v) is 4.15. The van der Waals surface area contributed by atoms with Crippen molar-refractivity contribution in [2.45, 2.75) is 13.0 Å². The van der Waals surface area contributed by atoms with Gasteiger partial charge in [0.15, 0.2) is 0 Å². The van der Waals surface area contributed by atoms with E-state index >= 15 is 0 Å². The summed E-state index contributed by atoms with van der Waals surface area (Å²) in [6.45, 7) is 1.98. The van der Waals surface area contributed by atoms with E-state index in [2.05, 4.69) is 16.5 Å². The van der Waals surface area contributed by atoms with Gasteiger partial charge in [-0.05, 0) is 35.4 Å². The molecule has 0 aliphatic heterocycles. The molecule has 2 aromatic rings. The van der Waals surface area contributed by atoms with Crippen molar-refractivity contribution < 1.29 is 0 Å².